The molecule has 1 aliphatic heterocycles. The summed E-state index contributed by atoms with van der Waals surface area (Å²) in [6.07, 6.45) is 0. The standard InChI is InChI=1S/C16H15FN2O5S/c17-12-3-1-11(2-4-12)8-18-16(20)9-19-25(21,22)13-5-6-14-15(7-13)24-10-23-14/h1-7,19H,8-10H2,(H,18,20). The molecule has 0 fully saturated rings. The van der Waals surface area contributed by atoms with Crippen molar-refractivity contribution >= 4 is 15.9 Å². The van der Waals surface area contributed by atoms with Crippen LogP contribution in [0.4, 0.5) is 4.39 Å². The lowest BCUT2D eigenvalue weighted by molar-refractivity contribution is -0.120. The molecule has 0 unspecified atom stereocenters. The number of fused-ring (bicyclic) bond motifs is 1. The van der Waals surface area contributed by atoms with Gasteiger partial charge < -0.3 is 14.8 Å². The highest BCUT2D eigenvalue weighted by Crippen LogP contribution is 2.33. The molecule has 132 valence electrons. The van der Waals surface area contributed by atoms with Crippen LogP contribution in [0.25, 0.3) is 0 Å². The molecule has 7 nitrogen and oxygen atoms in total. The van der Waals surface area contributed by atoms with E-state index in [4.69, 9.17) is 9.47 Å². The second-order valence-corrected chi connectivity index (χ2v) is 7.01. The molecule has 0 aliphatic carbocycles. The van der Waals surface area contributed by atoms with E-state index >= 15 is 0 Å². The SMILES string of the molecule is O=C(CNS(=O)(=O)c1ccc2c(c1)OCO2)NCc1ccc(F)cc1. The van der Waals surface area contributed by atoms with Crippen molar-refractivity contribution in [2.45, 2.75) is 11.4 Å². The lowest BCUT2D eigenvalue weighted by atomic mass is 10.2. The number of sulfonamides is 1. The zero-order chi connectivity index (χ0) is 17.9. The minimum Gasteiger partial charge on any atom is -0.454 e. The summed E-state index contributed by atoms with van der Waals surface area (Å²) in [4.78, 5) is 11.8. The first-order valence-corrected chi connectivity index (χ1v) is 8.83. The van der Waals surface area contributed by atoms with Crippen LogP contribution >= 0.6 is 0 Å². The number of hydrogen-bond acceptors (Lipinski definition) is 5. The summed E-state index contributed by atoms with van der Waals surface area (Å²) in [6, 6.07) is 9.82. The van der Waals surface area contributed by atoms with Crippen LogP contribution in [0.1, 0.15) is 5.56 Å². The predicted molar refractivity (Wildman–Crippen MR) is 86.0 cm³/mol. The molecular weight excluding hydrogens is 351 g/mol. The highest BCUT2D eigenvalue weighted by Gasteiger charge is 2.20. The summed E-state index contributed by atoms with van der Waals surface area (Å²) < 4.78 is 49.7. The van der Waals surface area contributed by atoms with Gasteiger partial charge in [0, 0.05) is 12.6 Å². The van der Waals surface area contributed by atoms with Gasteiger partial charge in [-0.2, -0.15) is 0 Å². The Labute approximate surface area is 143 Å². The van der Waals surface area contributed by atoms with E-state index in [1.165, 1.54) is 42.5 Å². The smallest absolute Gasteiger partial charge is 0.241 e. The Bertz CT molecular complexity index is 884. The molecule has 3 rings (SSSR count). The Morgan fingerprint density at radius 3 is 2.56 bits per heavy atom. The Balaban J connectivity index is 1.54. The Morgan fingerprint density at radius 1 is 1.08 bits per heavy atom. The molecule has 2 aromatic rings. The van der Waals surface area contributed by atoms with Crippen LogP contribution in [0, 0.1) is 5.82 Å². The fourth-order valence-electron chi connectivity index (χ4n) is 2.15. The van der Waals surface area contributed by atoms with E-state index in [-0.39, 0.29) is 24.1 Å². The van der Waals surface area contributed by atoms with Crippen molar-refractivity contribution in [3.05, 3.63) is 53.8 Å². The van der Waals surface area contributed by atoms with Crippen LogP contribution in [-0.2, 0) is 21.4 Å². The molecule has 0 spiro atoms. The molecule has 0 saturated carbocycles. The Kier molecular flexibility index (Phi) is 4.86. The largest absolute Gasteiger partial charge is 0.454 e. The Morgan fingerprint density at radius 2 is 1.80 bits per heavy atom. The Hall–Kier alpha value is -2.65. The first-order valence-electron chi connectivity index (χ1n) is 7.34. The van der Waals surface area contributed by atoms with E-state index in [9.17, 15) is 17.6 Å². The van der Waals surface area contributed by atoms with Crippen LogP contribution in [0.3, 0.4) is 0 Å². The quantitative estimate of drug-likeness (QED) is 0.800. The molecule has 2 aromatic carbocycles. The highest BCUT2D eigenvalue weighted by atomic mass is 32.2. The molecule has 2 N–H and O–H groups in total. The van der Waals surface area contributed by atoms with Crippen molar-refractivity contribution in [1.82, 2.24) is 10.0 Å². The minimum atomic E-state index is -3.86. The van der Waals surface area contributed by atoms with E-state index in [0.717, 1.165) is 0 Å². The zero-order valence-corrected chi connectivity index (χ0v) is 13.8. The maximum atomic E-state index is 12.8. The van der Waals surface area contributed by atoms with Gasteiger partial charge in [0.05, 0.1) is 11.4 Å². The number of benzene rings is 2. The van der Waals surface area contributed by atoms with E-state index in [2.05, 4.69) is 10.0 Å². The summed E-state index contributed by atoms with van der Waals surface area (Å²) >= 11 is 0. The molecule has 1 aliphatic rings. The third kappa shape index (κ3) is 4.25. The summed E-state index contributed by atoms with van der Waals surface area (Å²) in [5.74, 6) is -0.0696. The van der Waals surface area contributed by atoms with Gasteiger partial charge in [-0.25, -0.2) is 17.5 Å². The molecule has 1 amide bonds. The number of rotatable bonds is 6. The van der Waals surface area contributed by atoms with Gasteiger partial charge in [-0.3, -0.25) is 4.79 Å². The topological polar surface area (TPSA) is 93.7 Å². The van der Waals surface area contributed by atoms with Crippen molar-refractivity contribution < 1.29 is 27.1 Å². The molecule has 25 heavy (non-hydrogen) atoms. The third-order valence-electron chi connectivity index (χ3n) is 3.48. The lowest BCUT2D eigenvalue weighted by Gasteiger charge is -2.08. The van der Waals surface area contributed by atoms with Gasteiger partial charge in [0.1, 0.15) is 5.82 Å². The van der Waals surface area contributed by atoms with Gasteiger partial charge >= 0.3 is 0 Å². The molecule has 0 saturated heterocycles. The summed E-state index contributed by atoms with van der Waals surface area (Å²) in [7, 11) is -3.86. The summed E-state index contributed by atoms with van der Waals surface area (Å²) in [5, 5.41) is 2.55. The van der Waals surface area contributed by atoms with Crippen molar-refractivity contribution in [1.29, 1.82) is 0 Å². The third-order valence-corrected chi connectivity index (χ3v) is 4.88. The number of halogens is 1. The van der Waals surface area contributed by atoms with Gasteiger partial charge in [0.2, 0.25) is 22.7 Å². The molecule has 0 atom stereocenters. The number of nitrogens with one attached hydrogen (secondary N) is 2. The highest BCUT2D eigenvalue weighted by molar-refractivity contribution is 7.89. The van der Waals surface area contributed by atoms with Crippen molar-refractivity contribution in [3.8, 4) is 11.5 Å². The maximum absolute atomic E-state index is 12.8. The molecule has 0 radical (unpaired) electrons. The second-order valence-electron chi connectivity index (χ2n) is 5.24. The zero-order valence-electron chi connectivity index (χ0n) is 13.0. The van der Waals surface area contributed by atoms with Gasteiger partial charge in [-0.05, 0) is 29.8 Å². The molecular formula is C16H15FN2O5S. The first kappa shape index (κ1) is 17.2. The van der Waals surface area contributed by atoms with Gasteiger partial charge in [-0.1, -0.05) is 12.1 Å². The van der Waals surface area contributed by atoms with Crippen LogP contribution in [-0.4, -0.2) is 27.7 Å². The lowest BCUT2D eigenvalue weighted by Crippen LogP contribution is -2.36. The van der Waals surface area contributed by atoms with Crippen molar-refractivity contribution in [2.75, 3.05) is 13.3 Å². The number of carbonyl (C=O) groups excluding carboxylic acids is 1. The van der Waals surface area contributed by atoms with Crippen LogP contribution in [0.5, 0.6) is 11.5 Å². The number of ether oxygens (including phenoxy) is 2. The summed E-state index contributed by atoms with van der Waals surface area (Å²) in [5.41, 5.74) is 0.702. The number of hydrogen-bond donors (Lipinski definition) is 2. The van der Waals surface area contributed by atoms with Gasteiger partial charge in [0.25, 0.3) is 0 Å². The van der Waals surface area contributed by atoms with Gasteiger partial charge in [-0.15, -0.1) is 0 Å². The summed E-state index contributed by atoms with van der Waals surface area (Å²) in [6.45, 7) is -0.207. The van der Waals surface area contributed by atoms with Crippen molar-refractivity contribution in [2.24, 2.45) is 0 Å². The molecule has 1 heterocycles. The normalized spacial score (nSPS) is 12.8. The number of carbonyl (C=O) groups is 1. The van der Waals surface area contributed by atoms with Crippen molar-refractivity contribution in [3.63, 3.8) is 0 Å². The van der Waals surface area contributed by atoms with Gasteiger partial charge in [0.15, 0.2) is 11.5 Å². The van der Waals surface area contributed by atoms with E-state index in [1.54, 1.807) is 0 Å². The van der Waals surface area contributed by atoms with E-state index < -0.39 is 22.5 Å². The molecule has 0 aromatic heterocycles. The van der Waals surface area contributed by atoms with E-state index in [1.807, 2.05) is 0 Å². The van der Waals surface area contributed by atoms with Crippen LogP contribution < -0.4 is 19.5 Å². The second kappa shape index (κ2) is 7.08. The first-order chi connectivity index (χ1) is 11.9. The predicted octanol–water partition coefficient (Wildman–Crippen LogP) is 1.15. The fourth-order valence-corrected chi connectivity index (χ4v) is 3.15. The molecule has 0 bridgehead atoms. The monoisotopic (exact) mass is 366 g/mol. The number of amides is 1. The fraction of sp³-hybridized carbons (Fsp3) is 0.188. The van der Waals surface area contributed by atoms with E-state index in [0.29, 0.717) is 17.1 Å². The maximum Gasteiger partial charge on any atom is 0.241 e. The molecule has 9 heteroatoms. The van der Waals surface area contributed by atoms with Crippen LogP contribution in [0.15, 0.2) is 47.4 Å². The van der Waals surface area contributed by atoms with Crippen LogP contribution in [0.2, 0.25) is 0 Å². The average molecular weight is 366 g/mol. The minimum absolute atomic E-state index is 0.0249. The average Bonchev–Trinajstić information content (AvgIpc) is 3.07.